The molecule has 2 N–H and O–H groups in total. The number of ketones is 1. The number of piperidine rings is 1. The van der Waals surface area contributed by atoms with Gasteiger partial charge >= 0.3 is 0 Å². The first-order valence-electron chi connectivity index (χ1n) is 10.0. The molecule has 1 atom stereocenters. The molecule has 0 aromatic carbocycles. The number of hydrogen-bond donors (Lipinski definition) is 2. The molecule has 154 valence electrons. The van der Waals surface area contributed by atoms with E-state index in [1.807, 2.05) is 15.2 Å². The van der Waals surface area contributed by atoms with Gasteiger partial charge in [-0.2, -0.15) is 0 Å². The summed E-state index contributed by atoms with van der Waals surface area (Å²) in [5, 5.41) is 5.27. The van der Waals surface area contributed by atoms with E-state index in [2.05, 4.69) is 15.3 Å². The van der Waals surface area contributed by atoms with E-state index < -0.39 is 0 Å². The van der Waals surface area contributed by atoms with Crippen LogP contribution in [0.15, 0.2) is 23.8 Å². The largest absolute Gasteiger partial charge is 0.356 e. The average molecular weight is 416 g/mol. The number of Topliss-reactive ketones (excluding diaryl/α,β-unsaturated/α-hetero) is 1. The first-order valence-corrected chi connectivity index (χ1v) is 10.9. The minimum absolute atomic E-state index is 0.0392. The normalized spacial score (nSPS) is 20.0. The predicted octanol–water partition coefficient (Wildman–Crippen LogP) is 2.24. The second kappa shape index (κ2) is 8.87. The molecule has 2 aliphatic heterocycles. The molecule has 0 radical (unpaired) electrons. The lowest BCUT2D eigenvalue weighted by Gasteiger charge is -2.31. The third kappa shape index (κ3) is 4.73. The number of thiazole rings is 1. The summed E-state index contributed by atoms with van der Waals surface area (Å²) >= 11 is 1.39. The number of nitrogens with one attached hydrogen (secondary N) is 2. The summed E-state index contributed by atoms with van der Waals surface area (Å²) in [5.41, 5.74) is 0.983. The van der Waals surface area contributed by atoms with Crippen LogP contribution in [0.25, 0.3) is 0 Å². The van der Waals surface area contributed by atoms with Gasteiger partial charge in [-0.3, -0.25) is 19.3 Å². The molecule has 0 aliphatic carbocycles. The molecule has 2 aromatic rings. The number of aromatic amines is 1. The maximum absolute atomic E-state index is 12.7. The fourth-order valence-corrected chi connectivity index (χ4v) is 4.50. The first-order chi connectivity index (χ1) is 14.1. The van der Waals surface area contributed by atoms with E-state index >= 15 is 0 Å². The second-order valence-corrected chi connectivity index (χ2v) is 8.52. The van der Waals surface area contributed by atoms with Gasteiger partial charge < -0.3 is 15.2 Å². The molecular formula is C20H25N5O3S. The molecule has 0 saturated carbocycles. The Morgan fingerprint density at radius 2 is 2.03 bits per heavy atom. The minimum Gasteiger partial charge on any atom is -0.356 e. The topological polar surface area (TPSA) is 98.4 Å². The quantitative estimate of drug-likeness (QED) is 0.705. The third-order valence-electron chi connectivity index (χ3n) is 5.53. The Morgan fingerprint density at radius 3 is 2.79 bits per heavy atom. The van der Waals surface area contributed by atoms with Crippen molar-refractivity contribution in [3.05, 3.63) is 35.1 Å². The van der Waals surface area contributed by atoms with Crippen LogP contribution in [0.1, 0.15) is 46.5 Å². The molecule has 9 heteroatoms. The number of rotatable bonds is 6. The summed E-state index contributed by atoms with van der Waals surface area (Å²) in [6, 6.07) is 1.65. The highest BCUT2D eigenvalue weighted by molar-refractivity contribution is 7.13. The van der Waals surface area contributed by atoms with E-state index in [1.165, 1.54) is 11.3 Å². The molecule has 2 saturated heterocycles. The number of hydrogen-bond acceptors (Lipinski definition) is 6. The van der Waals surface area contributed by atoms with Crippen molar-refractivity contribution >= 4 is 34.1 Å². The van der Waals surface area contributed by atoms with E-state index in [9.17, 15) is 14.4 Å². The molecule has 2 aromatic heterocycles. The van der Waals surface area contributed by atoms with Crippen molar-refractivity contribution in [2.24, 2.45) is 5.92 Å². The second-order valence-electron chi connectivity index (χ2n) is 7.63. The molecule has 2 fully saturated rings. The summed E-state index contributed by atoms with van der Waals surface area (Å²) < 4.78 is 0. The van der Waals surface area contributed by atoms with Gasteiger partial charge in [-0.25, -0.2) is 4.98 Å². The monoisotopic (exact) mass is 415 g/mol. The summed E-state index contributed by atoms with van der Waals surface area (Å²) in [7, 11) is 0. The van der Waals surface area contributed by atoms with Crippen LogP contribution in [0.5, 0.6) is 0 Å². The van der Waals surface area contributed by atoms with Crippen LogP contribution in [0.4, 0.5) is 5.13 Å². The van der Waals surface area contributed by atoms with Crippen molar-refractivity contribution in [1.82, 2.24) is 19.8 Å². The van der Waals surface area contributed by atoms with Crippen LogP contribution in [-0.2, 0) is 4.79 Å². The molecular weight excluding hydrogens is 390 g/mol. The number of likely N-dealkylation sites (tertiary alicyclic amines) is 2. The molecule has 0 bridgehead atoms. The molecule has 2 amide bonds. The van der Waals surface area contributed by atoms with Crippen LogP contribution >= 0.6 is 11.3 Å². The number of H-pyrrole nitrogens is 1. The van der Waals surface area contributed by atoms with E-state index in [4.69, 9.17) is 0 Å². The Labute approximate surface area is 173 Å². The van der Waals surface area contributed by atoms with Crippen LogP contribution in [0.2, 0.25) is 0 Å². The number of amides is 2. The Morgan fingerprint density at radius 1 is 1.21 bits per heavy atom. The molecule has 2 aliphatic rings. The fourth-order valence-electron chi connectivity index (χ4n) is 3.97. The number of nitrogens with zero attached hydrogens (tertiary/aromatic N) is 3. The predicted molar refractivity (Wildman–Crippen MR) is 110 cm³/mol. The summed E-state index contributed by atoms with van der Waals surface area (Å²) in [6.07, 6.45) is 7.01. The molecule has 8 nitrogen and oxygen atoms in total. The van der Waals surface area contributed by atoms with Crippen LogP contribution in [0.3, 0.4) is 0 Å². The maximum Gasteiger partial charge on any atom is 0.270 e. The van der Waals surface area contributed by atoms with Gasteiger partial charge in [0.15, 0.2) is 10.9 Å². The van der Waals surface area contributed by atoms with Crippen molar-refractivity contribution < 1.29 is 14.4 Å². The lowest BCUT2D eigenvalue weighted by Crippen LogP contribution is -2.42. The minimum atomic E-state index is -0.154. The van der Waals surface area contributed by atoms with Crippen molar-refractivity contribution in [3.8, 4) is 0 Å². The van der Waals surface area contributed by atoms with Crippen LogP contribution < -0.4 is 5.32 Å². The fraction of sp³-hybridized carbons (Fsp3) is 0.500. The molecule has 4 heterocycles. The zero-order chi connectivity index (χ0) is 20.2. The van der Waals surface area contributed by atoms with Gasteiger partial charge in [-0.05, 0) is 38.3 Å². The number of carbonyl (C=O) groups excluding carboxylic acids is 3. The number of carbonyl (C=O) groups is 3. The Kier molecular flexibility index (Phi) is 6.05. The first kappa shape index (κ1) is 19.8. The zero-order valence-electron chi connectivity index (χ0n) is 16.2. The van der Waals surface area contributed by atoms with E-state index in [-0.39, 0.29) is 30.1 Å². The van der Waals surface area contributed by atoms with Crippen molar-refractivity contribution in [3.63, 3.8) is 0 Å². The maximum atomic E-state index is 12.7. The standard InChI is InChI=1S/C20H25N5O3S/c26-17(15-10-16(22-11-15)19(28)25-7-1-2-8-25)13-24-6-3-4-14(12-24)18(27)23-20-21-5-9-29-20/h5,9-11,14,22H,1-4,6-8,12-13H2,(H,21,23,27). The molecule has 4 rings (SSSR count). The Hall–Kier alpha value is -2.52. The molecule has 29 heavy (non-hydrogen) atoms. The molecule has 0 spiro atoms. The van der Waals surface area contributed by atoms with Gasteiger partial charge in [-0.15, -0.1) is 11.3 Å². The lowest BCUT2D eigenvalue weighted by molar-refractivity contribution is -0.121. The van der Waals surface area contributed by atoms with Crippen molar-refractivity contribution in [2.45, 2.75) is 25.7 Å². The van der Waals surface area contributed by atoms with E-state index in [0.717, 1.165) is 45.3 Å². The third-order valence-corrected chi connectivity index (χ3v) is 6.22. The smallest absolute Gasteiger partial charge is 0.270 e. The average Bonchev–Trinajstić information content (AvgIpc) is 3.50. The SMILES string of the molecule is O=C(CN1CCCC(C(=O)Nc2nccs2)C1)c1c[nH]c(C(=O)N2CCCC2)c1. The lowest BCUT2D eigenvalue weighted by atomic mass is 9.97. The van der Waals surface area contributed by atoms with Gasteiger partial charge in [0.1, 0.15) is 5.69 Å². The highest BCUT2D eigenvalue weighted by atomic mass is 32.1. The van der Waals surface area contributed by atoms with Gasteiger partial charge in [0.25, 0.3) is 5.91 Å². The summed E-state index contributed by atoms with van der Waals surface area (Å²) in [5.74, 6) is -0.280. The summed E-state index contributed by atoms with van der Waals surface area (Å²) in [4.78, 5) is 48.5. The number of aromatic nitrogens is 2. The van der Waals surface area contributed by atoms with Gasteiger partial charge in [-0.1, -0.05) is 0 Å². The van der Waals surface area contributed by atoms with Crippen LogP contribution in [0, 0.1) is 5.92 Å². The van der Waals surface area contributed by atoms with Gasteiger partial charge in [0.2, 0.25) is 5.91 Å². The summed E-state index contributed by atoms with van der Waals surface area (Å²) in [6.45, 7) is 3.14. The highest BCUT2D eigenvalue weighted by Crippen LogP contribution is 2.20. The van der Waals surface area contributed by atoms with Gasteiger partial charge in [0.05, 0.1) is 12.5 Å². The zero-order valence-corrected chi connectivity index (χ0v) is 17.0. The molecule has 1 unspecified atom stereocenters. The van der Waals surface area contributed by atoms with Gasteiger partial charge in [0, 0.05) is 43.0 Å². The van der Waals surface area contributed by atoms with E-state index in [1.54, 1.807) is 18.5 Å². The Balaban J connectivity index is 1.32. The number of anilines is 1. The van der Waals surface area contributed by atoms with Crippen LogP contribution in [-0.4, -0.2) is 70.1 Å². The highest BCUT2D eigenvalue weighted by Gasteiger charge is 2.28. The van der Waals surface area contributed by atoms with Crippen molar-refractivity contribution in [1.29, 1.82) is 0 Å². The Bertz CT molecular complexity index is 873. The van der Waals surface area contributed by atoms with E-state index in [0.29, 0.717) is 22.9 Å². The van der Waals surface area contributed by atoms with Crippen molar-refractivity contribution in [2.75, 3.05) is 38.0 Å².